The first-order valence-corrected chi connectivity index (χ1v) is 4.18. The summed E-state index contributed by atoms with van der Waals surface area (Å²) in [6.07, 6.45) is 0. The highest BCUT2D eigenvalue weighted by atomic mass is 17.1. The second kappa shape index (κ2) is 4.14. The maximum Gasteiger partial charge on any atom is 0.172 e. The van der Waals surface area contributed by atoms with Crippen LogP contribution < -0.4 is 9.62 Å². The summed E-state index contributed by atoms with van der Waals surface area (Å²) in [4.78, 5) is 4.27. The quantitative estimate of drug-likeness (QED) is 0.577. The molecule has 1 N–H and O–H groups in total. The molecule has 0 aliphatic rings. The molecule has 0 saturated carbocycles. The highest BCUT2D eigenvalue weighted by Crippen LogP contribution is 2.29. The van der Waals surface area contributed by atoms with Crippen molar-refractivity contribution in [1.29, 1.82) is 0 Å². The lowest BCUT2D eigenvalue weighted by atomic mass is 10.0. The lowest BCUT2D eigenvalue weighted by Gasteiger charge is -2.10. The van der Waals surface area contributed by atoms with Crippen molar-refractivity contribution in [2.75, 3.05) is 7.11 Å². The SMILES string of the molecule is COc1ccc(C(C)C)c(OO)c1. The van der Waals surface area contributed by atoms with Crippen LogP contribution in [0, 0.1) is 0 Å². The number of methoxy groups -OCH3 is 1. The van der Waals surface area contributed by atoms with E-state index in [4.69, 9.17) is 9.99 Å². The van der Waals surface area contributed by atoms with Crippen LogP contribution in [0.1, 0.15) is 25.3 Å². The van der Waals surface area contributed by atoms with Crippen molar-refractivity contribution >= 4 is 0 Å². The molecule has 1 rings (SSSR count). The van der Waals surface area contributed by atoms with Crippen LogP contribution in [0.15, 0.2) is 18.2 Å². The van der Waals surface area contributed by atoms with Crippen LogP contribution in [0.4, 0.5) is 0 Å². The van der Waals surface area contributed by atoms with Crippen LogP contribution in [0.5, 0.6) is 11.5 Å². The summed E-state index contributed by atoms with van der Waals surface area (Å²) in [6.45, 7) is 4.06. The zero-order chi connectivity index (χ0) is 9.84. The van der Waals surface area contributed by atoms with E-state index < -0.39 is 0 Å². The maximum atomic E-state index is 8.63. The van der Waals surface area contributed by atoms with Crippen LogP contribution in [0.25, 0.3) is 0 Å². The summed E-state index contributed by atoms with van der Waals surface area (Å²) in [5.41, 5.74) is 0.961. The summed E-state index contributed by atoms with van der Waals surface area (Å²) in [5, 5.41) is 8.63. The molecule has 0 aromatic heterocycles. The number of benzene rings is 1. The Morgan fingerprint density at radius 2 is 2.00 bits per heavy atom. The van der Waals surface area contributed by atoms with Crippen LogP contribution >= 0.6 is 0 Å². The zero-order valence-electron chi connectivity index (χ0n) is 8.07. The molecule has 0 fully saturated rings. The van der Waals surface area contributed by atoms with E-state index in [1.807, 2.05) is 26.0 Å². The van der Waals surface area contributed by atoms with E-state index in [1.54, 1.807) is 13.2 Å². The van der Waals surface area contributed by atoms with E-state index in [9.17, 15) is 0 Å². The van der Waals surface area contributed by atoms with Gasteiger partial charge in [-0.3, -0.25) is 0 Å². The van der Waals surface area contributed by atoms with E-state index in [0.717, 1.165) is 5.56 Å². The molecule has 0 unspecified atom stereocenters. The minimum absolute atomic E-state index is 0.313. The van der Waals surface area contributed by atoms with Gasteiger partial charge in [0.25, 0.3) is 0 Å². The predicted molar refractivity (Wildman–Crippen MR) is 50.3 cm³/mol. The molecule has 3 heteroatoms. The molecule has 0 bridgehead atoms. The molecule has 0 radical (unpaired) electrons. The van der Waals surface area contributed by atoms with Gasteiger partial charge in [-0.25, -0.2) is 5.26 Å². The Morgan fingerprint density at radius 3 is 2.46 bits per heavy atom. The van der Waals surface area contributed by atoms with Crippen molar-refractivity contribution < 1.29 is 14.9 Å². The Kier molecular flexibility index (Phi) is 3.14. The van der Waals surface area contributed by atoms with Gasteiger partial charge in [-0.05, 0) is 12.0 Å². The van der Waals surface area contributed by atoms with E-state index in [0.29, 0.717) is 17.4 Å². The van der Waals surface area contributed by atoms with Gasteiger partial charge in [0.2, 0.25) is 0 Å². The number of hydrogen-bond donors (Lipinski definition) is 1. The number of hydrogen-bond acceptors (Lipinski definition) is 3. The molecule has 0 atom stereocenters. The van der Waals surface area contributed by atoms with Gasteiger partial charge in [-0.2, -0.15) is 0 Å². The minimum atomic E-state index is 0.313. The molecule has 13 heavy (non-hydrogen) atoms. The Morgan fingerprint density at radius 1 is 1.31 bits per heavy atom. The summed E-state index contributed by atoms with van der Waals surface area (Å²) in [7, 11) is 1.57. The van der Waals surface area contributed by atoms with Gasteiger partial charge in [0, 0.05) is 11.6 Å². The van der Waals surface area contributed by atoms with E-state index >= 15 is 0 Å². The molecule has 0 aliphatic carbocycles. The Hall–Kier alpha value is -1.22. The predicted octanol–water partition coefficient (Wildman–Crippen LogP) is 2.67. The third-order valence-electron chi connectivity index (χ3n) is 1.94. The fraction of sp³-hybridized carbons (Fsp3) is 0.400. The fourth-order valence-electron chi connectivity index (χ4n) is 1.20. The van der Waals surface area contributed by atoms with Gasteiger partial charge < -0.3 is 9.62 Å². The fourth-order valence-corrected chi connectivity index (χ4v) is 1.20. The van der Waals surface area contributed by atoms with Crippen molar-refractivity contribution in [2.45, 2.75) is 19.8 Å². The molecule has 0 heterocycles. The first-order chi connectivity index (χ1) is 6.19. The monoisotopic (exact) mass is 182 g/mol. The van der Waals surface area contributed by atoms with Gasteiger partial charge in [0.05, 0.1) is 7.11 Å². The second-order valence-corrected chi connectivity index (χ2v) is 3.15. The summed E-state index contributed by atoms with van der Waals surface area (Å²) in [6, 6.07) is 5.39. The van der Waals surface area contributed by atoms with E-state index in [-0.39, 0.29) is 0 Å². The molecule has 1 aromatic rings. The van der Waals surface area contributed by atoms with E-state index in [1.165, 1.54) is 0 Å². The van der Waals surface area contributed by atoms with Crippen molar-refractivity contribution in [3.05, 3.63) is 23.8 Å². The average Bonchev–Trinajstić information content (AvgIpc) is 2.16. The first-order valence-electron chi connectivity index (χ1n) is 4.18. The van der Waals surface area contributed by atoms with Crippen molar-refractivity contribution in [3.63, 3.8) is 0 Å². The van der Waals surface area contributed by atoms with Crippen LogP contribution in [-0.4, -0.2) is 12.4 Å². The first kappa shape index (κ1) is 9.86. The largest absolute Gasteiger partial charge is 0.497 e. The van der Waals surface area contributed by atoms with E-state index in [2.05, 4.69) is 4.89 Å². The minimum Gasteiger partial charge on any atom is -0.497 e. The van der Waals surface area contributed by atoms with Crippen molar-refractivity contribution in [3.8, 4) is 11.5 Å². The highest BCUT2D eigenvalue weighted by Gasteiger charge is 2.08. The number of rotatable bonds is 3. The second-order valence-electron chi connectivity index (χ2n) is 3.15. The third kappa shape index (κ3) is 2.12. The zero-order valence-corrected chi connectivity index (χ0v) is 8.07. The molecule has 0 saturated heterocycles. The molecular weight excluding hydrogens is 168 g/mol. The normalized spacial score (nSPS) is 10.2. The van der Waals surface area contributed by atoms with Crippen molar-refractivity contribution in [1.82, 2.24) is 0 Å². The topological polar surface area (TPSA) is 38.7 Å². The number of ether oxygens (including phenoxy) is 1. The molecule has 3 nitrogen and oxygen atoms in total. The standard InChI is InChI=1S/C10H14O3/c1-7(2)9-5-4-8(12-3)6-10(9)13-11/h4-7,11H,1-3H3. The maximum absolute atomic E-state index is 8.63. The lowest BCUT2D eigenvalue weighted by Crippen LogP contribution is -1.95. The van der Waals surface area contributed by atoms with Crippen LogP contribution in [-0.2, 0) is 0 Å². The van der Waals surface area contributed by atoms with Gasteiger partial charge in [-0.15, -0.1) is 0 Å². The van der Waals surface area contributed by atoms with Gasteiger partial charge in [0.1, 0.15) is 5.75 Å². The summed E-state index contributed by atoms with van der Waals surface area (Å²) >= 11 is 0. The lowest BCUT2D eigenvalue weighted by molar-refractivity contribution is -0.138. The third-order valence-corrected chi connectivity index (χ3v) is 1.94. The van der Waals surface area contributed by atoms with Gasteiger partial charge >= 0.3 is 0 Å². The van der Waals surface area contributed by atoms with Crippen LogP contribution in [0.3, 0.4) is 0 Å². The smallest absolute Gasteiger partial charge is 0.172 e. The van der Waals surface area contributed by atoms with Gasteiger partial charge in [-0.1, -0.05) is 19.9 Å². The summed E-state index contributed by atoms with van der Waals surface area (Å²) in [5.74, 6) is 1.44. The Bertz CT molecular complexity index is 281. The average molecular weight is 182 g/mol. The molecule has 0 amide bonds. The Labute approximate surface area is 77.8 Å². The molecule has 0 aliphatic heterocycles. The Balaban J connectivity index is 3.08. The molecular formula is C10H14O3. The van der Waals surface area contributed by atoms with Crippen LogP contribution in [0.2, 0.25) is 0 Å². The summed E-state index contributed by atoms with van der Waals surface area (Å²) < 4.78 is 5.00. The van der Waals surface area contributed by atoms with Crippen molar-refractivity contribution in [2.24, 2.45) is 0 Å². The molecule has 72 valence electrons. The van der Waals surface area contributed by atoms with Gasteiger partial charge in [0.15, 0.2) is 5.75 Å². The highest BCUT2D eigenvalue weighted by molar-refractivity contribution is 5.41. The molecule has 0 spiro atoms. The molecule has 1 aromatic carbocycles.